The van der Waals surface area contributed by atoms with Gasteiger partial charge in [0, 0.05) is 17.8 Å². The lowest BCUT2D eigenvalue weighted by molar-refractivity contribution is 0.340. The SMILES string of the molecule is CCNCc1cc(-c2ccc(OCC)cc2)n[nH]1. The fourth-order valence-electron chi connectivity index (χ4n) is 1.75. The van der Waals surface area contributed by atoms with Crippen molar-refractivity contribution in [2.45, 2.75) is 20.4 Å². The fraction of sp³-hybridized carbons (Fsp3) is 0.357. The van der Waals surface area contributed by atoms with Gasteiger partial charge >= 0.3 is 0 Å². The van der Waals surface area contributed by atoms with Crippen molar-refractivity contribution in [2.24, 2.45) is 0 Å². The molecule has 2 aromatic rings. The first-order valence-electron chi connectivity index (χ1n) is 6.31. The zero-order valence-corrected chi connectivity index (χ0v) is 10.9. The molecule has 4 heteroatoms. The Morgan fingerprint density at radius 1 is 1.22 bits per heavy atom. The van der Waals surface area contributed by atoms with Crippen LogP contribution in [-0.2, 0) is 6.54 Å². The van der Waals surface area contributed by atoms with Gasteiger partial charge in [-0.1, -0.05) is 6.92 Å². The number of nitrogens with one attached hydrogen (secondary N) is 2. The average Bonchev–Trinajstić information content (AvgIpc) is 2.86. The highest BCUT2D eigenvalue weighted by Crippen LogP contribution is 2.21. The summed E-state index contributed by atoms with van der Waals surface area (Å²) in [7, 11) is 0. The van der Waals surface area contributed by atoms with Crippen molar-refractivity contribution in [1.29, 1.82) is 0 Å². The van der Waals surface area contributed by atoms with E-state index >= 15 is 0 Å². The third-order valence-electron chi connectivity index (χ3n) is 2.66. The molecule has 0 unspecified atom stereocenters. The van der Waals surface area contributed by atoms with Crippen LogP contribution in [0.4, 0.5) is 0 Å². The largest absolute Gasteiger partial charge is 0.494 e. The molecular formula is C14H19N3O. The molecule has 1 heterocycles. The summed E-state index contributed by atoms with van der Waals surface area (Å²) in [5.41, 5.74) is 3.16. The second-order valence-corrected chi connectivity index (χ2v) is 4.02. The maximum atomic E-state index is 5.42. The monoisotopic (exact) mass is 245 g/mol. The van der Waals surface area contributed by atoms with Gasteiger partial charge in [0.05, 0.1) is 12.3 Å². The molecule has 0 aliphatic carbocycles. The van der Waals surface area contributed by atoms with Crippen molar-refractivity contribution in [3.05, 3.63) is 36.0 Å². The first kappa shape index (κ1) is 12.6. The lowest BCUT2D eigenvalue weighted by Crippen LogP contribution is -2.11. The van der Waals surface area contributed by atoms with E-state index in [2.05, 4.69) is 28.5 Å². The van der Waals surface area contributed by atoms with Gasteiger partial charge in [-0.3, -0.25) is 5.10 Å². The van der Waals surface area contributed by atoms with Crippen molar-refractivity contribution < 1.29 is 4.74 Å². The molecule has 0 radical (unpaired) electrons. The predicted octanol–water partition coefficient (Wildman–Crippen LogP) is 2.58. The van der Waals surface area contributed by atoms with Gasteiger partial charge in [-0.15, -0.1) is 0 Å². The summed E-state index contributed by atoms with van der Waals surface area (Å²) >= 11 is 0. The molecule has 1 aromatic heterocycles. The Bertz CT molecular complexity index is 476. The molecule has 4 nitrogen and oxygen atoms in total. The Kier molecular flexibility index (Phi) is 4.36. The molecule has 0 aliphatic rings. The molecule has 2 rings (SSSR count). The first-order chi connectivity index (χ1) is 8.83. The van der Waals surface area contributed by atoms with Gasteiger partial charge in [0.15, 0.2) is 0 Å². The molecule has 0 bridgehead atoms. The van der Waals surface area contributed by atoms with Crippen LogP contribution < -0.4 is 10.1 Å². The second-order valence-electron chi connectivity index (χ2n) is 4.02. The minimum absolute atomic E-state index is 0.689. The lowest BCUT2D eigenvalue weighted by atomic mass is 10.1. The summed E-state index contributed by atoms with van der Waals surface area (Å²) in [5.74, 6) is 0.893. The van der Waals surface area contributed by atoms with E-state index in [4.69, 9.17) is 4.74 Å². The summed E-state index contributed by atoms with van der Waals surface area (Å²) in [4.78, 5) is 0. The van der Waals surface area contributed by atoms with E-state index in [1.807, 2.05) is 31.2 Å². The van der Waals surface area contributed by atoms with Crippen molar-refractivity contribution >= 4 is 0 Å². The van der Waals surface area contributed by atoms with Crippen LogP contribution in [0.25, 0.3) is 11.3 Å². The highest BCUT2D eigenvalue weighted by molar-refractivity contribution is 5.60. The minimum atomic E-state index is 0.689. The van der Waals surface area contributed by atoms with E-state index in [1.54, 1.807) is 0 Å². The number of hydrogen-bond acceptors (Lipinski definition) is 3. The van der Waals surface area contributed by atoms with Gasteiger partial charge in [-0.05, 0) is 43.8 Å². The standard InChI is InChI=1S/C14H19N3O/c1-3-15-10-12-9-14(17-16-12)11-5-7-13(8-6-11)18-4-2/h5-9,15H,3-4,10H2,1-2H3,(H,16,17). The molecule has 0 aliphatic heterocycles. The number of nitrogens with zero attached hydrogens (tertiary/aromatic N) is 1. The van der Waals surface area contributed by atoms with E-state index in [1.165, 1.54) is 0 Å². The summed E-state index contributed by atoms with van der Waals surface area (Å²) in [6.45, 7) is 6.53. The predicted molar refractivity (Wildman–Crippen MR) is 72.6 cm³/mol. The smallest absolute Gasteiger partial charge is 0.119 e. The third-order valence-corrected chi connectivity index (χ3v) is 2.66. The Morgan fingerprint density at radius 2 is 2.00 bits per heavy atom. The average molecular weight is 245 g/mol. The zero-order chi connectivity index (χ0) is 12.8. The number of aromatic nitrogens is 2. The molecule has 96 valence electrons. The third kappa shape index (κ3) is 3.11. The summed E-state index contributed by atoms with van der Waals surface area (Å²) in [5, 5.41) is 10.6. The molecule has 0 saturated heterocycles. The Morgan fingerprint density at radius 3 is 2.67 bits per heavy atom. The molecule has 1 aromatic carbocycles. The van der Waals surface area contributed by atoms with Crippen LogP contribution in [0.2, 0.25) is 0 Å². The highest BCUT2D eigenvalue weighted by atomic mass is 16.5. The molecule has 0 atom stereocenters. The fourth-order valence-corrected chi connectivity index (χ4v) is 1.75. The van der Waals surface area contributed by atoms with Gasteiger partial charge in [0.2, 0.25) is 0 Å². The number of ether oxygens (including phenoxy) is 1. The summed E-state index contributed by atoms with van der Waals surface area (Å²) < 4.78 is 5.42. The van der Waals surface area contributed by atoms with Crippen LogP contribution in [0.5, 0.6) is 5.75 Å². The van der Waals surface area contributed by atoms with Crippen LogP contribution >= 0.6 is 0 Å². The van der Waals surface area contributed by atoms with Crippen LogP contribution in [0.1, 0.15) is 19.5 Å². The Labute approximate surface area is 107 Å². The summed E-state index contributed by atoms with van der Waals surface area (Å²) in [6.07, 6.45) is 0. The van der Waals surface area contributed by atoms with E-state index in [9.17, 15) is 0 Å². The van der Waals surface area contributed by atoms with Gasteiger partial charge < -0.3 is 10.1 Å². The zero-order valence-electron chi connectivity index (χ0n) is 10.9. The van der Waals surface area contributed by atoms with Crippen LogP contribution in [0.15, 0.2) is 30.3 Å². The van der Waals surface area contributed by atoms with Crippen molar-refractivity contribution in [1.82, 2.24) is 15.5 Å². The highest BCUT2D eigenvalue weighted by Gasteiger charge is 2.03. The van der Waals surface area contributed by atoms with Gasteiger partial charge in [0.1, 0.15) is 5.75 Å². The number of hydrogen-bond donors (Lipinski definition) is 2. The van der Waals surface area contributed by atoms with Crippen LogP contribution in [0, 0.1) is 0 Å². The quantitative estimate of drug-likeness (QED) is 0.822. The second kappa shape index (κ2) is 6.21. The van der Waals surface area contributed by atoms with Gasteiger partial charge in [-0.25, -0.2) is 0 Å². The van der Waals surface area contributed by atoms with E-state index in [-0.39, 0.29) is 0 Å². The molecule has 18 heavy (non-hydrogen) atoms. The maximum absolute atomic E-state index is 5.42. The number of benzene rings is 1. The van der Waals surface area contributed by atoms with Crippen molar-refractivity contribution in [3.8, 4) is 17.0 Å². The summed E-state index contributed by atoms with van der Waals surface area (Å²) in [6, 6.07) is 10.1. The topological polar surface area (TPSA) is 49.9 Å². The molecule has 0 spiro atoms. The number of rotatable bonds is 6. The molecule has 0 fully saturated rings. The lowest BCUT2D eigenvalue weighted by Gasteiger charge is -2.02. The number of H-pyrrole nitrogens is 1. The number of aromatic amines is 1. The van der Waals surface area contributed by atoms with Crippen molar-refractivity contribution in [3.63, 3.8) is 0 Å². The minimum Gasteiger partial charge on any atom is -0.494 e. The van der Waals surface area contributed by atoms with Crippen LogP contribution in [-0.4, -0.2) is 23.3 Å². The molecular weight excluding hydrogens is 226 g/mol. The normalized spacial score (nSPS) is 10.6. The van der Waals surface area contributed by atoms with E-state index in [0.29, 0.717) is 6.61 Å². The Hall–Kier alpha value is -1.81. The van der Waals surface area contributed by atoms with Gasteiger partial charge in [-0.2, -0.15) is 5.10 Å². The van der Waals surface area contributed by atoms with Crippen molar-refractivity contribution in [2.75, 3.05) is 13.2 Å². The van der Waals surface area contributed by atoms with Gasteiger partial charge in [0.25, 0.3) is 0 Å². The Balaban J connectivity index is 2.08. The van der Waals surface area contributed by atoms with E-state index < -0.39 is 0 Å². The maximum Gasteiger partial charge on any atom is 0.119 e. The molecule has 0 amide bonds. The van der Waals surface area contributed by atoms with E-state index in [0.717, 1.165) is 35.8 Å². The molecule has 2 N–H and O–H groups in total. The van der Waals surface area contributed by atoms with Crippen LogP contribution in [0.3, 0.4) is 0 Å². The first-order valence-corrected chi connectivity index (χ1v) is 6.31. The molecule has 0 saturated carbocycles.